The van der Waals surface area contributed by atoms with Gasteiger partial charge in [-0.25, -0.2) is 0 Å². The number of aromatic nitrogens is 3. The van der Waals surface area contributed by atoms with Crippen molar-refractivity contribution < 1.29 is 10.2 Å². The first-order valence-electron chi connectivity index (χ1n) is 5.04. The van der Waals surface area contributed by atoms with Gasteiger partial charge in [-0.2, -0.15) is 0 Å². The van der Waals surface area contributed by atoms with Crippen LogP contribution in [0.5, 0.6) is 0 Å². The predicted octanol–water partition coefficient (Wildman–Crippen LogP) is 0.0302. The molecule has 5 heteroatoms. The van der Waals surface area contributed by atoms with Gasteiger partial charge in [0.2, 0.25) is 0 Å². The molecule has 0 amide bonds. The van der Waals surface area contributed by atoms with Crippen LogP contribution in [0.15, 0.2) is 0 Å². The van der Waals surface area contributed by atoms with E-state index in [1.807, 2.05) is 0 Å². The third-order valence-electron chi connectivity index (χ3n) is 2.56. The van der Waals surface area contributed by atoms with E-state index in [2.05, 4.69) is 10.2 Å². The van der Waals surface area contributed by atoms with Gasteiger partial charge in [0.15, 0.2) is 0 Å². The molecule has 2 heterocycles. The third-order valence-corrected chi connectivity index (χ3v) is 2.56. The Bertz CT molecular complexity index is 311. The lowest BCUT2D eigenvalue weighted by Gasteiger charge is -2.21. The van der Waals surface area contributed by atoms with Gasteiger partial charge in [0.25, 0.3) is 0 Å². The average molecular weight is 197 g/mol. The fraction of sp³-hybridized carbons (Fsp3) is 0.778. The van der Waals surface area contributed by atoms with Crippen LogP contribution in [-0.2, 0) is 12.8 Å². The molecule has 0 radical (unpaired) electrons. The minimum atomic E-state index is -0.470. The standard InChI is InChI=1S/C9H15N3O2/c13-6-2-4-8-11-10-7-3-1-5-9(14)12(7)8/h9,13-14H,1-6H2. The zero-order valence-electron chi connectivity index (χ0n) is 8.06. The second-order valence-electron chi connectivity index (χ2n) is 3.60. The van der Waals surface area contributed by atoms with Crippen LogP contribution in [0.3, 0.4) is 0 Å². The Balaban J connectivity index is 2.20. The minimum Gasteiger partial charge on any atom is -0.396 e. The first kappa shape index (κ1) is 9.61. The molecular formula is C9H15N3O2. The van der Waals surface area contributed by atoms with E-state index in [0.29, 0.717) is 12.8 Å². The molecule has 2 rings (SSSR count). The van der Waals surface area contributed by atoms with Gasteiger partial charge in [0.05, 0.1) is 0 Å². The molecular weight excluding hydrogens is 182 g/mol. The van der Waals surface area contributed by atoms with Crippen LogP contribution in [0.4, 0.5) is 0 Å². The molecule has 2 N–H and O–H groups in total. The summed E-state index contributed by atoms with van der Waals surface area (Å²) in [5, 5.41) is 26.5. The van der Waals surface area contributed by atoms with Crippen molar-refractivity contribution in [1.82, 2.24) is 14.8 Å². The van der Waals surface area contributed by atoms with Crippen molar-refractivity contribution in [3.05, 3.63) is 11.6 Å². The van der Waals surface area contributed by atoms with Crippen molar-refractivity contribution in [1.29, 1.82) is 0 Å². The van der Waals surface area contributed by atoms with E-state index in [-0.39, 0.29) is 6.61 Å². The summed E-state index contributed by atoms with van der Waals surface area (Å²) in [7, 11) is 0. The molecule has 1 aliphatic rings. The molecule has 0 fully saturated rings. The summed E-state index contributed by atoms with van der Waals surface area (Å²) in [6.45, 7) is 0.151. The van der Waals surface area contributed by atoms with E-state index < -0.39 is 6.23 Å². The lowest BCUT2D eigenvalue weighted by atomic mass is 10.1. The van der Waals surface area contributed by atoms with Gasteiger partial charge in [-0.15, -0.1) is 10.2 Å². The Hall–Kier alpha value is -0.940. The summed E-state index contributed by atoms with van der Waals surface area (Å²) in [5.41, 5.74) is 0. The van der Waals surface area contributed by atoms with E-state index in [9.17, 15) is 5.11 Å². The maximum Gasteiger partial charge on any atom is 0.135 e. The summed E-state index contributed by atoms with van der Waals surface area (Å²) in [5.74, 6) is 1.66. The number of hydrogen-bond acceptors (Lipinski definition) is 4. The van der Waals surface area contributed by atoms with E-state index >= 15 is 0 Å². The summed E-state index contributed by atoms with van der Waals surface area (Å²) in [4.78, 5) is 0. The van der Waals surface area contributed by atoms with Crippen molar-refractivity contribution in [2.45, 2.75) is 38.3 Å². The van der Waals surface area contributed by atoms with Gasteiger partial charge >= 0.3 is 0 Å². The number of fused-ring (bicyclic) bond motifs is 1. The molecule has 1 unspecified atom stereocenters. The highest BCUT2D eigenvalue weighted by atomic mass is 16.3. The molecule has 0 saturated heterocycles. The van der Waals surface area contributed by atoms with Crippen LogP contribution >= 0.6 is 0 Å². The normalized spacial score (nSPS) is 20.9. The first-order chi connectivity index (χ1) is 6.83. The van der Waals surface area contributed by atoms with Gasteiger partial charge in [-0.3, -0.25) is 4.57 Å². The van der Waals surface area contributed by atoms with Crippen LogP contribution < -0.4 is 0 Å². The Labute approximate surface area is 82.4 Å². The molecule has 0 bridgehead atoms. The van der Waals surface area contributed by atoms with Gasteiger partial charge in [0.1, 0.15) is 17.9 Å². The largest absolute Gasteiger partial charge is 0.396 e. The highest BCUT2D eigenvalue weighted by Gasteiger charge is 2.21. The number of rotatable bonds is 3. The number of nitrogens with zero attached hydrogens (tertiary/aromatic N) is 3. The zero-order valence-corrected chi connectivity index (χ0v) is 8.06. The van der Waals surface area contributed by atoms with E-state index in [1.165, 1.54) is 0 Å². The summed E-state index contributed by atoms with van der Waals surface area (Å²) in [6, 6.07) is 0. The summed E-state index contributed by atoms with van der Waals surface area (Å²) >= 11 is 0. The fourth-order valence-corrected chi connectivity index (χ4v) is 1.85. The predicted molar refractivity (Wildman–Crippen MR) is 49.6 cm³/mol. The number of aliphatic hydroxyl groups is 2. The molecule has 0 spiro atoms. The Morgan fingerprint density at radius 3 is 3.07 bits per heavy atom. The van der Waals surface area contributed by atoms with Gasteiger partial charge in [0, 0.05) is 19.4 Å². The first-order valence-corrected chi connectivity index (χ1v) is 5.04. The summed E-state index contributed by atoms with van der Waals surface area (Å²) in [6.07, 6.45) is 3.52. The molecule has 78 valence electrons. The highest BCUT2D eigenvalue weighted by molar-refractivity contribution is 5.00. The Morgan fingerprint density at radius 1 is 1.43 bits per heavy atom. The zero-order chi connectivity index (χ0) is 9.97. The topological polar surface area (TPSA) is 71.2 Å². The SMILES string of the molecule is OCCCc1nnc2n1C(O)CCC2. The monoisotopic (exact) mass is 197 g/mol. The Kier molecular flexibility index (Phi) is 2.79. The van der Waals surface area contributed by atoms with Crippen LogP contribution in [0.25, 0.3) is 0 Å². The molecule has 1 aromatic rings. The van der Waals surface area contributed by atoms with Crippen LogP contribution in [0, 0.1) is 0 Å². The van der Waals surface area contributed by atoms with E-state index in [0.717, 1.165) is 30.9 Å². The number of aliphatic hydroxyl groups excluding tert-OH is 2. The molecule has 0 aromatic carbocycles. The Morgan fingerprint density at radius 2 is 2.29 bits per heavy atom. The number of aryl methyl sites for hydroxylation is 2. The molecule has 0 saturated carbocycles. The minimum absolute atomic E-state index is 0.151. The lowest BCUT2D eigenvalue weighted by Crippen LogP contribution is -2.19. The average Bonchev–Trinajstić information content (AvgIpc) is 2.59. The maximum atomic E-state index is 9.75. The molecule has 1 aliphatic heterocycles. The quantitative estimate of drug-likeness (QED) is 0.717. The smallest absolute Gasteiger partial charge is 0.135 e. The second kappa shape index (κ2) is 4.06. The molecule has 14 heavy (non-hydrogen) atoms. The maximum absolute atomic E-state index is 9.75. The van der Waals surface area contributed by atoms with Crippen molar-refractivity contribution in [3.8, 4) is 0 Å². The second-order valence-corrected chi connectivity index (χ2v) is 3.60. The van der Waals surface area contributed by atoms with Crippen LogP contribution in [-0.4, -0.2) is 31.6 Å². The van der Waals surface area contributed by atoms with Gasteiger partial charge in [-0.05, 0) is 19.3 Å². The van der Waals surface area contributed by atoms with Crippen molar-refractivity contribution in [3.63, 3.8) is 0 Å². The third kappa shape index (κ3) is 1.65. The van der Waals surface area contributed by atoms with Crippen molar-refractivity contribution in [2.75, 3.05) is 6.61 Å². The summed E-state index contributed by atoms with van der Waals surface area (Å²) < 4.78 is 1.80. The fourth-order valence-electron chi connectivity index (χ4n) is 1.85. The van der Waals surface area contributed by atoms with Crippen molar-refractivity contribution >= 4 is 0 Å². The van der Waals surface area contributed by atoms with Gasteiger partial charge in [-0.1, -0.05) is 0 Å². The molecule has 5 nitrogen and oxygen atoms in total. The van der Waals surface area contributed by atoms with Gasteiger partial charge < -0.3 is 10.2 Å². The van der Waals surface area contributed by atoms with Crippen molar-refractivity contribution in [2.24, 2.45) is 0 Å². The molecule has 0 aliphatic carbocycles. The number of hydrogen-bond donors (Lipinski definition) is 2. The van der Waals surface area contributed by atoms with E-state index in [4.69, 9.17) is 5.11 Å². The van der Waals surface area contributed by atoms with Crippen LogP contribution in [0.1, 0.15) is 37.1 Å². The lowest BCUT2D eigenvalue weighted by molar-refractivity contribution is 0.0746. The highest BCUT2D eigenvalue weighted by Crippen LogP contribution is 2.23. The van der Waals surface area contributed by atoms with Crippen LogP contribution in [0.2, 0.25) is 0 Å². The molecule has 1 atom stereocenters. The molecule has 1 aromatic heterocycles. The van der Waals surface area contributed by atoms with E-state index in [1.54, 1.807) is 4.57 Å².